The van der Waals surface area contributed by atoms with Crippen LogP contribution in [0.3, 0.4) is 0 Å². The van der Waals surface area contributed by atoms with Crippen molar-refractivity contribution in [2.24, 2.45) is 11.7 Å². The molecule has 27 heavy (non-hydrogen) atoms. The average molecular weight is 375 g/mol. The number of carboxylic acid groups (broad SMARTS) is 1. The number of benzene rings is 1. The van der Waals surface area contributed by atoms with Crippen molar-refractivity contribution in [3.05, 3.63) is 39.7 Å². The second-order valence-corrected chi connectivity index (χ2v) is 8.16. The summed E-state index contributed by atoms with van der Waals surface area (Å²) in [6, 6.07) is 0.822. The number of rotatable bonds is 3. The molecule has 6 rings (SSSR count). The number of hydrogen-bond acceptors (Lipinski definition) is 4. The van der Waals surface area contributed by atoms with Crippen LogP contribution in [-0.4, -0.2) is 34.8 Å². The Labute approximate surface area is 153 Å². The van der Waals surface area contributed by atoms with Crippen LogP contribution >= 0.6 is 0 Å². The number of hydrogen-bond donors (Lipinski definition) is 2. The third-order valence-corrected chi connectivity index (χ3v) is 6.44. The molecule has 2 aromatic rings. The second-order valence-electron chi connectivity index (χ2n) is 8.16. The van der Waals surface area contributed by atoms with Crippen LogP contribution in [0.2, 0.25) is 0 Å². The van der Waals surface area contributed by atoms with E-state index in [9.17, 15) is 19.1 Å². The molecular weight excluding hydrogens is 356 g/mol. The van der Waals surface area contributed by atoms with Gasteiger partial charge in [0.25, 0.3) is 0 Å². The number of carbonyl (C=O) groups is 1. The van der Waals surface area contributed by atoms with Crippen LogP contribution in [0.5, 0.6) is 0 Å². The smallest absolute Gasteiger partial charge is 0.341 e. The summed E-state index contributed by atoms with van der Waals surface area (Å²) in [5, 5.41) is 9.17. The number of halogens is 2. The SMILES string of the molecule is NC1CCN(c2c(F)cc3c(=O)c(C(=O)O)cn(C45CC(C4)C5)c3c2F)C1. The molecule has 142 valence electrons. The summed E-state index contributed by atoms with van der Waals surface area (Å²) >= 11 is 0. The molecule has 0 radical (unpaired) electrons. The zero-order valence-corrected chi connectivity index (χ0v) is 14.5. The number of pyridine rings is 1. The predicted molar refractivity (Wildman–Crippen MR) is 95.2 cm³/mol. The quantitative estimate of drug-likeness (QED) is 0.857. The molecule has 1 atom stereocenters. The van der Waals surface area contributed by atoms with Crippen molar-refractivity contribution >= 4 is 22.6 Å². The number of anilines is 1. The minimum atomic E-state index is -1.39. The summed E-state index contributed by atoms with van der Waals surface area (Å²) < 4.78 is 31.9. The molecule has 4 fully saturated rings. The van der Waals surface area contributed by atoms with Crippen molar-refractivity contribution in [1.82, 2.24) is 4.57 Å². The first-order valence-corrected chi connectivity index (χ1v) is 9.12. The number of carboxylic acids is 1. The molecule has 1 aromatic carbocycles. The van der Waals surface area contributed by atoms with Crippen molar-refractivity contribution < 1.29 is 18.7 Å². The van der Waals surface area contributed by atoms with Gasteiger partial charge in [0.2, 0.25) is 5.43 Å². The molecule has 1 aliphatic heterocycles. The van der Waals surface area contributed by atoms with Gasteiger partial charge in [-0.25, -0.2) is 13.6 Å². The van der Waals surface area contributed by atoms with E-state index in [2.05, 4.69) is 0 Å². The van der Waals surface area contributed by atoms with Gasteiger partial charge in [0.05, 0.1) is 10.9 Å². The van der Waals surface area contributed by atoms with Crippen LogP contribution in [0.25, 0.3) is 10.9 Å². The van der Waals surface area contributed by atoms with E-state index < -0.39 is 28.6 Å². The molecule has 0 spiro atoms. The summed E-state index contributed by atoms with van der Waals surface area (Å²) in [6.45, 7) is 0.773. The average Bonchev–Trinajstić information content (AvgIpc) is 2.92. The van der Waals surface area contributed by atoms with Gasteiger partial charge in [0.15, 0.2) is 5.82 Å². The molecule has 3 saturated carbocycles. The van der Waals surface area contributed by atoms with Gasteiger partial charge in [-0.3, -0.25) is 4.79 Å². The predicted octanol–water partition coefficient (Wildman–Crippen LogP) is 2.02. The molecular formula is C19H19F2N3O3. The Morgan fingerprint density at radius 2 is 2.00 bits per heavy atom. The first-order valence-electron chi connectivity index (χ1n) is 9.12. The number of nitrogens with two attached hydrogens (primary N) is 1. The lowest BCUT2D eigenvalue weighted by molar-refractivity contribution is -0.0863. The van der Waals surface area contributed by atoms with E-state index in [-0.39, 0.29) is 28.2 Å². The third-order valence-electron chi connectivity index (χ3n) is 6.44. The standard InChI is InChI=1S/C19H19F2N3O3/c20-13-3-11-15(14(21)16(13)23-2-1-10(22)7-23)24(19-4-9(5-19)6-19)8-12(17(11)25)18(26)27/h3,8-10H,1-2,4-7,22H2,(H,26,27). The van der Waals surface area contributed by atoms with E-state index >= 15 is 4.39 Å². The van der Waals surface area contributed by atoms with Crippen molar-refractivity contribution in [1.29, 1.82) is 0 Å². The maximum absolute atomic E-state index is 15.6. The molecule has 6 nitrogen and oxygen atoms in total. The van der Waals surface area contributed by atoms with Crippen molar-refractivity contribution in [2.45, 2.75) is 37.3 Å². The van der Waals surface area contributed by atoms with E-state index in [1.165, 1.54) is 6.20 Å². The molecule has 1 unspecified atom stereocenters. The Kier molecular flexibility index (Phi) is 3.26. The van der Waals surface area contributed by atoms with Crippen LogP contribution in [0, 0.1) is 17.6 Å². The van der Waals surface area contributed by atoms with Crippen molar-refractivity contribution in [2.75, 3.05) is 18.0 Å². The van der Waals surface area contributed by atoms with Gasteiger partial charge in [-0.1, -0.05) is 0 Å². The van der Waals surface area contributed by atoms with Gasteiger partial charge in [-0.2, -0.15) is 0 Å². The maximum Gasteiger partial charge on any atom is 0.341 e. The Hall–Kier alpha value is -2.48. The summed E-state index contributed by atoms with van der Waals surface area (Å²) in [5.74, 6) is -2.50. The molecule has 0 amide bonds. The van der Waals surface area contributed by atoms with Crippen molar-refractivity contribution in [3.63, 3.8) is 0 Å². The van der Waals surface area contributed by atoms with E-state index in [1.807, 2.05) is 0 Å². The lowest BCUT2D eigenvalue weighted by atomic mass is 9.49. The topological polar surface area (TPSA) is 88.6 Å². The molecule has 2 bridgehead atoms. The minimum Gasteiger partial charge on any atom is -0.477 e. The molecule has 2 heterocycles. The molecule has 3 aliphatic carbocycles. The Balaban J connectivity index is 1.82. The monoisotopic (exact) mass is 375 g/mol. The number of nitrogens with zero attached hydrogens (tertiary/aromatic N) is 2. The summed E-state index contributed by atoms with van der Waals surface area (Å²) in [4.78, 5) is 25.7. The fourth-order valence-corrected chi connectivity index (χ4v) is 4.94. The largest absolute Gasteiger partial charge is 0.477 e. The van der Waals surface area contributed by atoms with Crippen LogP contribution in [0.1, 0.15) is 36.0 Å². The highest BCUT2D eigenvalue weighted by Gasteiger charge is 2.58. The van der Waals surface area contributed by atoms with Crippen LogP contribution in [0.4, 0.5) is 14.5 Å². The highest BCUT2D eigenvalue weighted by Crippen LogP contribution is 2.63. The zero-order valence-electron chi connectivity index (χ0n) is 14.5. The third kappa shape index (κ3) is 2.13. The first kappa shape index (κ1) is 16.7. The van der Waals surface area contributed by atoms with Crippen LogP contribution in [0.15, 0.2) is 17.1 Å². The zero-order chi connectivity index (χ0) is 19.1. The summed E-state index contributed by atoms with van der Waals surface area (Å²) in [7, 11) is 0. The van der Waals surface area contributed by atoms with E-state index in [4.69, 9.17) is 5.73 Å². The summed E-state index contributed by atoms with van der Waals surface area (Å²) in [5.41, 5.74) is 4.02. The number of fused-ring (bicyclic) bond motifs is 1. The number of aromatic carboxylic acids is 1. The van der Waals surface area contributed by atoms with Gasteiger partial charge in [0.1, 0.15) is 17.1 Å². The van der Waals surface area contributed by atoms with E-state index in [0.717, 1.165) is 25.3 Å². The highest BCUT2D eigenvalue weighted by atomic mass is 19.1. The van der Waals surface area contributed by atoms with Crippen LogP contribution in [-0.2, 0) is 5.54 Å². The second kappa shape index (κ2) is 5.28. The van der Waals surface area contributed by atoms with E-state index in [1.54, 1.807) is 9.47 Å². The first-order chi connectivity index (χ1) is 12.8. The fraction of sp³-hybridized carbons (Fsp3) is 0.474. The van der Waals surface area contributed by atoms with Gasteiger partial charge < -0.3 is 20.3 Å². The molecule has 8 heteroatoms. The van der Waals surface area contributed by atoms with Gasteiger partial charge in [-0.15, -0.1) is 0 Å². The highest BCUT2D eigenvalue weighted by molar-refractivity contribution is 5.94. The molecule has 4 aliphatic rings. The molecule has 3 N–H and O–H groups in total. The molecule has 1 saturated heterocycles. The minimum absolute atomic E-state index is 0.0000198. The van der Waals surface area contributed by atoms with Gasteiger partial charge in [-0.05, 0) is 37.7 Å². The van der Waals surface area contributed by atoms with Crippen LogP contribution < -0.4 is 16.1 Å². The Morgan fingerprint density at radius 3 is 2.52 bits per heavy atom. The Morgan fingerprint density at radius 1 is 1.30 bits per heavy atom. The summed E-state index contributed by atoms with van der Waals surface area (Å²) in [6.07, 6.45) is 4.34. The number of aromatic nitrogens is 1. The fourth-order valence-electron chi connectivity index (χ4n) is 4.94. The normalized spacial score (nSPS) is 28.9. The lowest BCUT2D eigenvalue weighted by Gasteiger charge is -2.63. The molecule has 1 aromatic heterocycles. The van der Waals surface area contributed by atoms with E-state index in [0.29, 0.717) is 25.4 Å². The van der Waals surface area contributed by atoms with Gasteiger partial charge in [0, 0.05) is 30.9 Å². The Bertz CT molecular complexity index is 1050. The maximum atomic E-state index is 15.6. The van der Waals surface area contributed by atoms with Gasteiger partial charge >= 0.3 is 5.97 Å². The lowest BCUT2D eigenvalue weighted by Crippen LogP contribution is -2.59. The van der Waals surface area contributed by atoms with Crippen molar-refractivity contribution in [3.8, 4) is 0 Å².